The monoisotopic (exact) mass is 396 g/mol. The van der Waals surface area contributed by atoms with Crippen molar-refractivity contribution >= 4 is 17.6 Å². The third-order valence-electron chi connectivity index (χ3n) is 4.48. The van der Waals surface area contributed by atoms with Gasteiger partial charge in [-0.05, 0) is 44.9 Å². The fraction of sp³-hybridized carbons (Fsp3) is 0.333. The summed E-state index contributed by atoms with van der Waals surface area (Å²) in [7, 11) is 0. The highest BCUT2D eigenvalue weighted by molar-refractivity contribution is 5.96. The average Bonchev–Trinajstić information content (AvgIpc) is 3.27. The molecule has 0 radical (unpaired) electrons. The number of carbonyl (C=O) groups is 2. The fourth-order valence-electron chi connectivity index (χ4n) is 2.77. The molecule has 0 bridgehead atoms. The lowest BCUT2D eigenvalue weighted by Crippen LogP contribution is -2.42. The van der Waals surface area contributed by atoms with Crippen molar-refractivity contribution < 1.29 is 18.5 Å². The molecule has 0 spiro atoms. The van der Waals surface area contributed by atoms with E-state index in [1.165, 1.54) is 5.56 Å². The molecule has 2 heterocycles. The van der Waals surface area contributed by atoms with Gasteiger partial charge in [0.2, 0.25) is 17.7 Å². The van der Waals surface area contributed by atoms with Gasteiger partial charge in [-0.1, -0.05) is 24.2 Å². The smallest absolute Gasteiger partial charge is 0.247 e. The van der Waals surface area contributed by atoms with Crippen LogP contribution in [0.4, 0.5) is 5.82 Å². The molecule has 29 heavy (non-hydrogen) atoms. The van der Waals surface area contributed by atoms with Crippen LogP contribution >= 0.6 is 0 Å². The number of hydrogen-bond donors (Lipinski definition) is 2. The number of anilines is 1. The predicted molar refractivity (Wildman–Crippen MR) is 107 cm³/mol. The summed E-state index contributed by atoms with van der Waals surface area (Å²) in [5.41, 5.74) is 2.62. The third-order valence-corrected chi connectivity index (χ3v) is 4.48. The second kappa shape index (κ2) is 8.72. The van der Waals surface area contributed by atoms with Gasteiger partial charge in [0.15, 0.2) is 5.82 Å². The van der Waals surface area contributed by atoms with E-state index >= 15 is 0 Å². The van der Waals surface area contributed by atoms with Crippen LogP contribution in [0, 0.1) is 13.8 Å². The molecule has 0 aliphatic heterocycles. The van der Waals surface area contributed by atoms with Crippen molar-refractivity contribution in [1.29, 1.82) is 0 Å². The summed E-state index contributed by atoms with van der Waals surface area (Å²) < 4.78 is 10.6. The Morgan fingerprint density at radius 1 is 1.17 bits per heavy atom. The molecule has 0 aliphatic carbocycles. The molecule has 2 amide bonds. The van der Waals surface area contributed by atoms with Gasteiger partial charge in [-0.25, -0.2) is 4.98 Å². The number of aryl methyl sites for hydroxylation is 3. The van der Waals surface area contributed by atoms with E-state index in [0.717, 1.165) is 12.0 Å². The van der Waals surface area contributed by atoms with Gasteiger partial charge in [0.1, 0.15) is 17.6 Å². The number of rotatable bonds is 7. The molecule has 1 atom stereocenters. The Labute approximate surface area is 168 Å². The molecule has 152 valence electrons. The van der Waals surface area contributed by atoms with Crippen molar-refractivity contribution in [1.82, 2.24) is 15.5 Å². The molecule has 1 unspecified atom stereocenters. The largest absolute Gasteiger partial charge is 0.441 e. The highest BCUT2D eigenvalue weighted by Crippen LogP contribution is 2.22. The van der Waals surface area contributed by atoms with E-state index < -0.39 is 6.04 Å². The molecular weight excluding hydrogens is 372 g/mol. The molecule has 3 rings (SSSR count). The fourth-order valence-corrected chi connectivity index (χ4v) is 2.77. The molecule has 2 N–H and O–H groups in total. The number of nitrogens with one attached hydrogen (secondary N) is 2. The number of hydrogen-bond acceptors (Lipinski definition) is 6. The summed E-state index contributed by atoms with van der Waals surface area (Å²) in [6, 6.07) is 8.81. The highest BCUT2D eigenvalue weighted by atomic mass is 16.5. The highest BCUT2D eigenvalue weighted by Gasteiger charge is 2.20. The zero-order valence-corrected chi connectivity index (χ0v) is 16.9. The van der Waals surface area contributed by atoms with E-state index in [1.807, 2.05) is 24.3 Å². The first kappa shape index (κ1) is 20.3. The molecule has 1 aromatic carbocycles. The van der Waals surface area contributed by atoms with E-state index in [-0.39, 0.29) is 18.2 Å². The second-order valence-electron chi connectivity index (χ2n) is 6.85. The molecule has 3 aromatic rings. The Morgan fingerprint density at radius 3 is 2.52 bits per heavy atom. The van der Waals surface area contributed by atoms with Gasteiger partial charge >= 0.3 is 0 Å². The Kier molecular flexibility index (Phi) is 6.11. The van der Waals surface area contributed by atoms with Crippen LogP contribution in [0.1, 0.15) is 36.6 Å². The van der Waals surface area contributed by atoms with Crippen molar-refractivity contribution in [2.75, 3.05) is 5.32 Å². The van der Waals surface area contributed by atoms with Crippen molar-refractivity contribution in [2.24, 2.45) is 0 Å². The van der Waals surface area contributed by atoms with Crippen molar-refractivity contribution in [3.8, 4) is 11.5 Å². The van der Waals surface area contributed by atoms with Crippen LogP contribution in [0.2, 0.25) is 0 Å². The van der Waals surface area contributed by atoms with Gasteiger partial charge in [0, 0.05) is 11.6 Å². The topological polar surface area (TPSA) is 110 Å². The minimum Gasteiger partial charge on any atom is -0.441 e. The minimum atomic E-state index is -0.743. The Morgan fingerprint density at radius 2 is 1.90 bits per heavy atom. The number of aromatic nitrogens is 2. The molecule has 0 saturated heterocycles. The number of carbonyl (C=O) groups excluding carboxylic acids is 2. The predicted octanol–water partition coefficient (Wildman–Crippen LogP) is 3.19. The third kappa shape index (κ3) is 5.10. The Balaban J connectivity index is 1.59. The number of amides is 2. The number of nitrogens with zero attached hydrogens (tertiary/aromatic N) is 2. The first-order chi connectivity index (χ1) is 13.9. The molecule has 0 fully saturated rings. The Bertz CT molecular complexity index is 1000. The molecule has 8 nitrogen and oxygen atoms in total. The zero-order valence-electron chi connectivity index (χ0n) is 16.9. The van der Waals surface area contributed by atoms with Crippen LogP contribution in [0.15, 0.2) is 39.3 Å². The van der Waals surface area contributed by atoms with Crippen LogP contribution in [-0.2, 0) is 22.4 Å². The lowest BCUT2D eigenvalue weighted by molar-refractivity contribution is -0.125. The average molecular weight is 396 g/mol. The van der Waals surface area contributed by atoms with Crippen LogP contribution in [0.25, 0.3) is 11.5 Å². The van der Waals surface area contributed by atoms with Crippen LogP contribution in [-0.4, -0.2) is 28.0 Å². The lowest BCUT2D eigenvalue weighted by Gasteiger charge is -2.12. The molecule has 2 aromatic heterocycles. The summed E-state index contributed by atoms with van der Waals surface area (Å²) in [4.78, 5) is 29.0. The van der Waals surface area contributed by atoms with Gasteiger partial charge in [-0.3, -0.25) is 9.59 Å². The summed E-state index contributed by atoms with van der Waals surface area (Å²) in [6.45, 7) is 7.18. The van der Waals surface area contributed by atoms with E-state index in [2.05, 4.69) is 27.7 Å². The van der Waals surface area contributed by atoms with Crippen LogP contribution in [0.5, 0.6) is 0 Å². The number of benzene rings is 1. The molecular formula is C21H24N4O4. The van der Waals surface area contributed by atoms with Crippen LogP contribution < -0.4 is 10.6 Å². The standard InChI is InChI=1S/C21H24N4O4/c1-5-15-6-8-16(9-7-15)21-23-17(14(4)28-21)11-19(26)22-13(3)20(27)24-18-10-12(2)29-25-18/h6-10,13H,5,11H2,1-4H3,(H,22,26)(H,24,25,27). The van der Waals surface area contributed by atoms with Gasteiger partial charge in [-0.2, -0.15) is 0 Å². The van der Waals surface area contributed by atoms with Gasteiger partial charge in [-0.15, -0.1) is 0 Å². The SMILES string of the molecule is CCc1ccc(-c2nc(CC(=O)NC(C)C(=O)Nc3cc(C)on3)c(C)o2)cc1. The van der Waals surface area contributed by atoms with Crippen molar-refractivity contribution in [3.05, 3.63) is 53.1 Å². The van der Waals surface area contributed by atoms with Gasteiger partial charge < -0.3 is 19.6 Å². The summed E-state index contributed by atoms with van der Waals surface area (Å²) in [6.07, 6.45) is 0.974. The zero-order chi connectivity index (χ0) is 21.0. The molecule has 0 aliphatic rings. The van der Waals surface area contributed by atoms with Gasteiger partial charge in [0.05, 0.1) is 12.1 Å². The van der Waals surface area contributed by atoms with E-state index in [0.29, 0.717) is 28.9 Å². The molecule has 8 heteroatoms. The summed E-state index contributed by atoms with van der Waals surface area (Å²) in [5, 5.41) is 8.94. The van der Waals surface area contributed by atoms with Gasteiger partial charge in [0.25, 0.3) is 0 Å². The van der Waals surface area contributed by atoms with E-state index in [9.17, 15) is 9.59 Å². The summed E-state index contributed by atoms with van der Waals surface area (Å²) >= 11 is 0. The maximum atomic E-state index is 12.4. The van der Waals surface area contributed by atoms with Crippen LogP contribution in [0.3, 0.4) is 0 Å². The van der Waals surface area contributed by atoms with Crippen molar-refractivity contribution in [2.45, 2.75) is 46.6 Å². The lowest BCUT2D eigenvalue weighted by atomic mass is 10.1. The molecule has 0 saturated carbocycles. The van der Waals surface area contributed by atoms with E-state index in [1.54, 1.807) is 26.8 Å². The Hall–Kier alpha value is -3.42. The first-order valence-corrected chi connectivity index (χ1v) is 9.45. The number of oxazole rings is 1. The van der Waals surface area contributed by atoms with Crippen molar-refractivity contribution in [3.63, 3.8) is 0 Å². The maximum absolute atomic E-state index is 12.4. The quantitative estimate of drug-likeness (QED) is 0.635. The second-order valence-corrected chi connectivity index (χ2v) is 6.85. The van der Waals surface area contributed by atoms with E-state index in [4.69, 9.17) is 8.94 Å². The summed E-state index contributed by atoms with van der Waals surface area (Å²) in [5.74, 6) is 1.22. The minimum absolute atomic E-state index is 0.0169. The normalized spacial score (nSPS) is 11.9. The maximum Gasteiger partial charge on any atom is 0.247 e. The first-order valence-electron chi connectivity index (χ1n) is 9.45.